The van der Waals surface area contributed by atoms with Gasteiger partial charge in [0.2, 0.25) is 0 Å². The smallest absolute Gasteiger partial charge is 0.304 e. The van der Waals surface area contributed by atoms with Crippen LogP contribution in [0.25, 0.3) is 10.9 Å². The topological polar surface area (TPSA) is 82.4 Å². The van der Waals surface area contributed by atoms with Crippen LogP contribution in [0.4, 0.5) is 5.69 Å². The molecule has 0 bridgehead atoms. The second-order valence-corrected chi connectivity index (χ2v) is 8.33. The molecule has 1 saturated heterocycles. The van der Waals surface area contributed by atoms with Crippen LogP contribution in [0.15, 0.2) is 54.7 Å². The van der Waals surface area contributed by atoms with Crippen molar-refractivity contribution >= 4 is 26.8 Å². The summed E-state index contributed by atoms with van der Waals surface area (Å²) >= 11 is 0. The molecule has 0 unspecified atom stereocenters. The number of nitrogens with one attached hydrogen (secondary N) is 1. The van der Waals surface area contributed by atoms with E-state index in [0.29, 0.717) is 31.9 Å². The molecule has 1 fully saturated rings. The molecule has 136 valence electrons. The van der Waals surface area contributed by atoms with Gasteiger partial charge in [0, 0.05) is 36.7 Å². The van der Waals surface area contributed by atoms with E-state index in [1.54, 1.807) is 0 Å². The molecule has 26 heavy (non-hydrogen) atoms. The van der Waals surface area contributed by atoms with E-state index in [2.05, 4.69) is 4.98 Å². The Kier molecular flexibility index (Phi) is 4.44. The number of nitrogens with zero attached hydrogens (tertiary/aromatic N) is 2. The van der Waals surface area contributed by atoms with Crippen molar-refractivity contribution < 1.29 is 8.42 Å². The van der Waals surface area contributed by atoms with Gasteiger partial charge in [-0.05, 0) is 42.3 Å². The molecule has 0 spiro atoms. The molecule has 1 aliphatic heterocycles. The number of aromatic nitrogens is 1. The summed E-state index contributed by atoms with van der Waals surface area (Å²) in [6, 6.07) is 15.4. The Labute approximate surface area is 153 Å². The zero-order valence-electron chi connectivity index (χ0n) is 14.4. The Morgan fingerprint density at radius 2 is 1.88 bits per heavy atom. The molecular weight excluding hydrogens is 348 g/mol. The van der Waals surface area contributed by atoms with Gasteiger partial charge in [-0.3, -0.25) is 4.31 Å². The van der Waals surface area contributed by atoms with Crippen LogP contribution in [0.1, 0.15) is 11.1 Å². The molecule has 2 aromatic carbocycles. The van der Waals surface area contributed by atoms with Crippen LogP contribution in [0.3, 0.4) is 0 Å². The quantitative estimate of drug-likeness (QED) is 0.723. The Balaban J connectivity index is 1.64. The molecule has 0 amide bonds. The molecule has 0 saturated carbocycles. The fraction of sp³-hybridized carbons (Fsp3) is 0.263. The maximum atomic E-state index is 13.0. The molecule has 1 aromatic heterocycles. The zero-order valence-corrected chi connectivity index (χ0v) is 15.2. The van der Waals surface area contributed by atoms with Gasteiger partial charge >= 0.3 is 10.2 Å². The Morgan fingerprint density at radius 1 is 1.08 bits per heavy atom. The normalized spacial score (nSPS) is 17.2. The van der Waals surface area contributed by atoms with Gasteiger partial charge in [0.1, 0.15) is 0 Å². The number of rotatable bonds is 5. The van der Waals surface area contributed by atoms with Crippen molar-refractivity contribution in [3.8, 4) is 0 Å². The van der Waals surface area contributed by atoms with Gasteiger partial charge in [0.05, 0.1) is 5.69 Å². The number of hydrogen-bond donors (Lipinski definition) is 2. The van der Waals surface area contributed by atoms with Crippen LogP contribution in [0, 0.1) is 0 Å². The maximum absolute atomic E-state index is 13.0. The fourth-order valence-corrected chi connectivity index (χ4v) is 5.06. The van der Waals surface area contributed by atoms with Crippen molar-refractivity contribution in [3.63, 3.8) is 0 Å². The molecule has 6 nitrogen and oxygen atoms in total. The highest BCUT2D eigenvalue weighted by atomic mass is 32.2. The van der Waals surface area contributed by atoms with Gasteiger partial charge < -0.3 is 10.7 Å². The van der Waals surface area contributed by atoms with Crippen molar-refractivity contribution in [2.45, 2.75) is 13.0 Å². The van der Waals surface area contributed by atoms with Crippen LogP contribution in [0.5, 0.6) is 0 Å². The lowest BCUT2D eigenvalue weighted by Gasteiger charge is -2.20. The molecule has 3 aromatic rings. The van der Waals surface area contributed by atoms with Crippen LogP contribution in [0.2, 0.25) is 0 Å². The van der Waals surface area contributed by atoms with Crippen molar-refractivity contribution in [2.24, 2.45) is 5.73 Å². The number of fused-ring (bicyclic) bond motifs is 1. The summed E-state index contributed by atoms with van der Waals surface area (Å²) in [6.07, 6.45) is 2.71. The molecule has 2 heterocycles. The lowest BCUT2D eigenvalue weighted by atomic mass is 10.1. The van der Waals surface area contributed by atoms with Gasteiger partial charge in [0.15, 0.2) is 0 Å². The highest BCUT2D eigenvalue weighted by Gasteiger charge is 2.36. The summed E-state index contributed by atoms with van der Waals surface area (Å²) in [5, 5.41) is 1.03. The first-order valence-electron chi connectivity index (χ1n) is 8.71. The highest BCUT2D eigenvalue weighted by Crippen LogP contribution is 2.30. The van der Waals surface area contributed by atoms with Gasteiger partial charge in [-0.15, -0.1) is 0 Å². The molecule has 0 aliphatic carbocycles. The van der Waals surface area contributed by atoms with E-state index in [0.717, 1.165) is 28.5 Å². The molecule has 4 rings (SSSR count). The minimum atomic E-state index is -3.52. The largest absolute Gasteiger partial charge is 0.361 e. The fourth-order valence-electron chi connectivity index (χ4n) is 3.47. The first-order valence-corrected chi connectivity index (χ1v) is 10.1. The first-order chi connectivity index (χ1) is 12.6. The van der Waals surface area contributed by atoms with E-state index in [-0.39, 0.29) is 0 Å². The van der Waals surface area contributed by atoms with Crippen molar-refractivity contribution in [2.75, 3.05) is 23.9 Å². The summed E-state index contributed by atoms with van der Waals surface area (Å²) in [5.41, 5.74) is 9.48. The van der Waals surface area contributed by atoms with Crippen LogP contribution < -0.4 is 10.0 Å². The Hall–Kier alpha value is -2.35. The minimum Gasteiger partial charge on any atom is -0.361 e. The second kappa shape index (κ2) is 6.75. The van der Waals surface area contributed by atoms with E-state index >= 15 is 0 Å². The number of anilines is 1. The van der Waals surface area contributed by atoms with Gasteiger partial charge in [-0.1, -0.05) is 30.3 Å². The van der Waals surface area contributed by atoms with E-state index in [9.17, 15) is 8.42 Å². The third-order valence-corrected chi connectivity index (χ3v) is 6.73. The van der Waals surface area contributed by atoms with E-state index in [4.69, 9.17) is 5.73 Å². The molecule has 0 atom stereocenters. The molecule has 0 radical (unpaired) electrons. The van der Waals surface area contributed by atoms with E-state index in [1.807, 2.05) is 54.7 Å². The molecular formula is C19H22N4O2S. The van der Waals surface area contributed by atoms with Crippen molar-refractivity contribution in [3.05, 3.63) is 65.9 Å². The highest BCUT2D eigenvalue weighted by molar-refractivity contribution is 7.90. The zero-order chi connectivity index (χ0) is 18.1. The van der Waals surface area contributed by atoms with Crippen LogP contribution in [-0.4, -0.2) is 37.3 Å². The van der Waals surface area contributed by atoms with Gasteiger partial charge in [0.25, 0.3) is 0 Å². The van der Waals surface area contributed by atoms with E-state index < -0.39 is 10.2 Å². The SMILES string of the molecule is NCCc1c[nH]c2ccc(N3CCN(Cc4ccccc4)S3(=O)=O)cc12. The van der Waals surface area contributed by atoms with Crippen molar-refractivity contribution in [1.29, 1.82) is 0 Å². The Bertz CT molecular complexity index is 1010. The second-order valence-electron chi connectivity index (χ2n) is 6.48. The summed E-state index contributed by atoms with van der Waals surface area (Å²) in [6.45, 7) is 1.89. The predicted octanol–water partition coefficient (Wildman–Crippen LogP) is 2.24. The van der Waals surface area contributed by atoms with Crippen LogP contribution in [-0.2, 0) is 23.2 Å². The Morgan fingerprint density at radius 3 is 2.65 bits per heavy atom. The molecule has 7 heteroatoms. The summed E-state index contributed by atoms with van der Waals surface area (Å²) in [4.78, 5) is 3.22. The average Bonchev–Trinajstić information content (AvgIpc) is 3.17. The first kappa shape index (κ1) is 17.1. The monoisotopic (exact) mass is 370 g/mol. The summed E-state index contributed by atoms with van der Waals surface area (Å²) in [7, 11) is -3.52. The average molecular weight is 370 g/mol. The predicted molar refractivity (Wildman–Crippen MR) is 104 cm³/mol. The third kappa shape index (κ3) is 2.98. The van der Waals surface area contributed by atoms with Crippen LogP contribution >= 0.6 is 0 Å². The molecule has 1 aliphatic rings. The number of hydrogen-bond acceptors (Lipinski definition) is 3. The number of nitrogens with two attached hydrogens (primary N) is 1. The summed E-state index contributed by atoms with van der Waals surface area (Å²) < 4.78 is 29.0. The summed E-state index contributed by atoms with van der Waals surface area (Å²) in [5.74, 6) is 0. The van der Waals surface area contributed by atoms with Crippen molar-refractivity contribution in [1.82, 2.24) is 9.29 Å². The van der Waals surface area contributed by atoms with E-state index in [1.165, 1.54) is 8.61 Å². The number of aromatic amines is 1. The maximum Gasteiger partial charge on any atom is 0.304 e. The minimum absolute atomic E-state index is 0.393. The standard InChI is InChI=1S/C19H22N4O2S/c20-9-8-16-13-21-19-7-6-17(12-18(16)19)23-11-10-22(26(23,24)25)14-15-4-2-1-3-5-15/h1-7,12-13,21H,8-11,14,20H2. The molecule has 3 N–H and O–H groups in total. The lowest BCUT2D eigenvalue weighted by molar-refractivity contribution is 0.446. The van der Waals surface area contributed by atoms with Gasteiger partial charge in [-0.25, -0.2) is 0 Å². The third-order valence-electron chi connectivity index (χ3n) is 4.81. The number of H-pyrrole nitrogens is 1. The number of benzene rings is 2. The van der Waals surface area contributed by atoms with Gasteiger partial charge in [-0.2, -0.15) is 12.7 Å². The lowest BCUT2D eigenvalue weighted by Crippen LogP contribution is -2.32.